The maximum absolute atomic E-state index is 12.4. The molecule has 1 heterocycles. The van der Waals surface area contributed by atoms with Crippen molar-refractivity contribution in [3.63, 3.8) is 0 Å². The number of nitrogens with one attached hydrogen (secondary N) is 1. The lowest BCUT2D eigenvalue weighted by Crippen LogP contribution is -2.23. The Balaban J connectivity index is 1.60. The lowest BCUT2D eigenvalue weighted by molar-refractivity contribution is 0.0945. The summed E-state index contributed by atoms with van der Waals surface area (Å²) in [5.41, 5.74) is 3.27. The smallest absolute Gasteiger partial charge is 0.272 e. The second-order valence-electron chi connectivity index (χ2n) is 6.95. The molecule has 1 N–H and O–H groups in total. The molecular formula is C22H25N3O2. The molecule has 0 aliphatic heterocycles. The average molecular weight is 363 g/mol. The molecule has 3 aromatic rings. The van der Waals surface area contributed by atoms with E-state index in [0.29, 0.717) is 24.8 Å². The first-order valence-corrected chi connectivity index (χ1v) is 9.15. The van der Waals surface area contributed by atoms with E-state index in [1.54, 1.807) is 10.7 Å². The summed E-state index contributed by atoms with van der Waals surface area (Å²) < 4.78 is 7.45. The van der Waals surface area contributed by atoms with Gasteiger partial charge in [-0.2, -0.15) is 5.10 Å². The Labute approximate surface area is 160 Å². The van der Waals surface area contributed by atoms with Crippen LogP contribution in [0.2, 0.25) is 0 Å². The van der Waals surface area contributed by atoms with Crippen molar-refractivity contribution < 1.29 is 9.53 Å². The summed E-state index contributed by atoms with van der Waals surface area (Å²) in [5, 5.41) is 7.35. The largest absolute Gasteiger partial charge is 0.493 e. The van der Waals surface area contributed by atoms with Crippen LogP contribution in [0.4, 0.5) is 0 Å². The average Bonchev–Trinajstić information content (AvgIpc) is 3.08. The van der Waals surface area contributed by atoms with E-state index in [1.165, 1.54) is 0 Å². The summed E-state index contributed by atoms with van der Waals surface area (Å²) in [4.78, 5) is 12.4. The highest BCUT2D eigenvalue weighted by Gasteiger charge is 2.13. The van der Waals surface area contributed by atoms with Gasteiger partial charge in [-0.25, -0.2) is 4.68 Å². The van der Waals surface area contributed by atoms with Crippen LogP contribution in [0.3, 0.4) is 0 Å². The van der Waals surface area contributed by atoms with Crippen LogP contribution in [-0.4, -0.2) is 22.3 Å². The molecule has 0 atom stereocenters. The number of carbonyl (C=O) groups excluding carboxylic acids is 1. The van der Waals surface area contributed by atoms with E-state index in [9.17, 15) is 4.79 Å². The molecule has 0 saturated carbocycles. The van der Waals surface area contributed by atoms with Crippen LogP contribution in [0.5, 0.6) is 5.75 Å². The minimum atomic E-state index is -0.187. The Bertz CT molecular complexity index is 884. The summed E-state index contributed by atoms with van der Waals surface area (Å²) in [7, 11) is 0. The van der Waals surface area contributed by atoms with Gasteiger partial charge in [0.15, 0.2) is 5.69 Å². The van der Waals surface area contributed by atoms with Gasteiger partial charge in [0.2, 0.25) is 0 Å². The first-order chi connectivity index (χ1) is 13.0. The Morgan fingerprint density at radius 1 is 1.11 bits per heavy atom. The topological polar surface area (TPSA) is 56.1 Å². The lowest BCUT2D eigenvalue weighted by Gasteiger charge is -2.09. The van der Waals surface area contributed by atoms with Crippen molar-refractivity contribution in [3.8, 4) is 11.4 Å². The number of nitrogens with zero attached hydrogens (tertiary/aromatic N) is 2. The minimum absolute atomic E-state index is 0.187. The maximum Gasteiger partial charge on any atom is 0.272 e. The predicted molar refractivity (Wildman–Crippen MR) is 106 cm³/mol. The van der Waals surface area contributed by atoms with Crippen molar-refractivity contribution >= 4 is 5.91 Å². The van der Waals surface area contributed by atoms with Gasteiger partial charge in [-0.05, 0) is 48.7 Å². The highest BCUT2D eigenvalue weighted by molar-refractivity contribution is 5.92. The number of aromatic nitrogens is 2. The Hall–Kier alpha value is -3.08. The second kappa shape index (κ2) is 8.54. The number of rotatable bonds is 7. The highest BCUT2D eigenvalue weighted by atomic mass is 16.5. The summed E-state index contributed by atoms with van der Waals surface area (Å²) in [6.07, 6.45) is 0. The molecule has 0 saturated heterocycles. The molecule has 0 bridgehead atoms. The minimum Gasteiger partial charge on any atom is -0.493 e. The molecule has 2 aromatic carbocycles. The van der Waals surface area contributed by atoms with Crippen molar-refractivity contribution in [2.24, 2.45) is 5.92 Å². The molecule has 0 radical (unpaired) electrons. The van der Waals surface area contributed by atoms with Gasteiger partial charge < -0.3 is 10.1 Å². The van der Waals surface area contributed by atoms with E-state index in [-0.39, 0.29) is 5.91 Å². The third-order valence-corrected chi connectivity index (χ3v) is 4.08. The molecule has 140 valence electrons. The normalized spacial score (nSPS) is 10.8. The lowest BCUT2D eigenvalue weighted by atomic mass is 10.2. The SMILES string of the molecule is Cc1cc(C(=O)NCc2ccc(OCC(C)C)cc2)nn1-c1ccccc1. The third kappa shape index (κ3) is 4.97. The number of ether oxygens (including phenoxy) is 1. The van der Waals surface area contributed by atoms with Crippen molar-refractivity contribution in [3.05, 3.63) is 77.6 Å². The van der Waals surface area contributed by atoms with Crippen LogP contribution in [-0.2, 0) is 6.54 Å². The Morgan fingerprint density at radius 3 is 2.48 bits per heavy atom. The van der Waals surface area contributed by atoms with Gasteiger partial charge in [-0.15, -0.1) is 0 Å². The van der Waals surface area contributed by atoms with Crippen LogP contribution in [0, 0.1) is 12.8 Å². The maximum atomic E-state index is 12.4. The van der Waals surface area contributed by atoms with Gasteiger partial charge in [-0.1, -0.05) is 44.2 Å². The zero-order valence-electron chi connectivity index (χ0n) is 16.0. The van der Waals surface area contributed by atoms with E-state index in [0.717, 1.165) is 22.7 Å². The standard InChI is InChI=1S/C22H25N3O2/c1-16(2)15-27-20-11-9-18(10-12-20)14-23-22(26)21-13-17(3)25(24-21)19-7-5-4-6-8-19/h4-13,16H,14-15H2,1-3H3,(H,23,26). The van der Waals surface area contributed by atoms with Gasteiger partial charge in [-0.3, -0.25) is 4.79 Å². The van der Waals surface area contributed by atoms with E-state index in [4.69, 9.17) is 4.74 Å². The van der Waals surface area contributed by atoms with E-state index >= 15 is 0 Å². The summed E-state index contributed by atoms with van der Waals surface area (Å²) in [6.45, 7) is 7.31. The number of hydrogen-bond donors (Lipinski definition) is 1. The molecule has 0 aliphatic carbocycles. The zero-order valence-corrected chi connectivity index (χ0v) is 16.0. The van der Waals surface area contributed by atoms with Crippen LogP contribution in [0.1, 0.15) is 35.6 Å². The van der Waals surface area contributed by atoms with Crippen molar-refractivity contribution in [1.29, 1.82) is 0 Å². The molecule has 5 heteroatoms. The number of amides is 1. The van der Waals surface area contributed by atoms with Gasteiger partial charge in [0.1, 0.15) is 5.75 Å². The first-order valence-electron chi connectivity index (χ1n) is 9.15. The number of carbonyl (C=O) groups is 1. The molecular weight excluding hydrogens is 338 g/mol. The summed E-state index contributed by atoms with van der Waals surface area (Å²) >= 11 is 0. The summed E-state index contributed by atoms with van der Waals surface area (Å²) in [5.74, 6) is 1.15. The molecule has 1 aromatic heterocycles. The fourth-order valence-corrected chi connectivity index (χ4v) is 2.66. The fraction of sp³-hybridized carbons (Fsp3) is 0.273. The zero-order chi connectivity index (χ0) is 19.2. The second-order valence-corrected chi connectivity index (χ2v) is 6.95. The molecule has 0 aliphatic rings. The molecule has 1 amide bonds. The molecule has 3 rings (SSSR count). The number of para-hydroxylation sites is 1. The number of benzene rings is 2. The van der Waals surface area contributed by atoms with Crippen LogP contribution in [0.25, 0.3) is 5.69 Å². The highest BCUT2D eigenvalue weighted by Crippen LogP contribution is 2.14. The molecule has 27 heavy (non-hydrogen) atoms. The Morgan fingerprint density at radius 2 is 1.81 bits per heavy atom. The van der Waals surface area contributed by atoms with Crippen molar-refractivity contribution in [1.82, 2.24) is 15.1 Å². The van der Waals surface area contributed by atoms with Gasteiger partial charge >= 0.3 is 0 Å². The van der Waals surface area contributed by atoms with Gasteiger partial charge in [0, 0.05) is 12.2 Å². The Kier molecular flexibility index (Phi) is 5.91. The third-order valence-electron chi connectivity index (χ3n) is 4.08. The van der Waals surface area contributed by atoms with Crippen LogP contribution in [0.15, 0.2) is 60.7 Å². The molecule has 0 unspecified atom stereocenters. The first kappa shape index (κ1) is 18.7. The molecule has 5 nitrogen and oxygen atoms in total. The van der Waals surface area contributed by atoms with Gasteiger partial charge in [0.25, 0.3) is 5.91 Å². The number of aryl methyl sites for hydroxylation is 1. The van der Waals surface area contributed by atoms with E-state index < -0.39 is 0 Å². The quantitative estimate of drug-likeness (QED) is 0.686. The van der Waals surface area contributed by atoms with Gasteiger partial charge in [0.05, 0.1) is 12.3 Å². The van der Waals surface area contributed by atoms with E-state index in [1.807, 2.05) is 61.5 Å². The fourth-order valence-electron chi connectivity index (χ4n) is 2.66. The molecule has 0 fully saturated rings. The molecule has 0 spiro atoms. The van der Waals surface area contributed by atoms with Crippen molar-refractivity contribution in [2.45, 2.75) is 27.3 Å². The number of hydrogen-bond acceptors (Lipinski definition) is 3. The van der Waals surface area contributed by atoms with Crippen molar-refractivity contribution in [2.75, 3.05) is 6.61 Å². The monoisotopic (exact) mass is 363 g/mol. The van der Waals surface area contributed by atoms with E-state index in [2.05, 4.69) is 24.3 Å². The van der Waals surface area contributed by atoms with Crippen LogP contribution >= 0.6 is 0 Å². The summed E-state index contributed by atoms with van der Waals surface area (Å²) in [6, 6.07) is 19.4. The van der Waals surface area contributed by atoms with Crippen LogP contribution < -0.4 is 10.1 Å². The predicted octanol–water partition coefficient (Wildman–Crippen LogP) is 4.15.